The Morgan fingerprint density at radius 3 is 2.82 bits per heavy atom. The summed E-state index contributed by atoms with van der Waals surface area (Å²) >= 11 is 0. The zero-order valence-electron chi connectivity index (χ0n) is 22.7. The van der Waals surface area contributed by atoms with Gasteiger partial charge < -0.3 is 24.4 Å². The molecule has 5 rings (SSSR count). The SMILES string of the molecule is CCOC(=O)c1cnn2ccc(N3CCC4CC43c3cc(F)cnc3OC[C@@H](C)NC(=O)OC(C)(C)C)nc12. The van der Waals surface area contributed by atoms with Crippen molar-refractivity contribution in [2.45, 2.75) is 64.6 Å². The predicted molar refractivity (Wildman–Crippen MR) is 139 cm³/mol. The Bertz CT molecular complexity index is 1410. The molecule has 1 N–H and O–H groups in total. The number of esters is 1. The zero-order valence-corrected chi connectivity index (χ0v) is 22.7. The first-order valence-corrected chi connectivity index (χ1v) is 13.1. The van der Waals surface area contributed by atoms with Crippen LogP contribution in [0.3, 0.4) is 0 Å². The van der Waals surface area contributed by atoms with Crippen molar-refractivity contribution in [1.29, 1.82) is 0 Å². The Balaban J connectivity index is 1.40. The largest absolute Gasteiger partial charge is 0.475 e. The van der Waals surface area contributed by atoms with Gasteiger partial charge in [-0.15, -0.1) is 0 Å². The number of hydrogen-bond donors (Lipinski definition) is 1. The topological polar surface area (TPSA) is 120 Å². The number of nitrogens with one attached hydrogen (secondary N) is 1. The molecule has 2 aliphatic rings. The van der Waals surface area contributed by atoms with E-state index in [-0.39, 0.29) is 30.7 Å². The molecule has 1 saturated heterocycles. The number of nitrogens with zero attached hydrogens (tertiary/aromatic N) is 5. The van der Waals surface area contributed by atoms with Gasteiger partial charge in [0.25, 0.3) is 0 Å². The van der Waals surface area contributed by atoms with Gasteiger partial charge in [-0.1, -0.05) is 0 Å². The molecule has 3 aromatic heterocycles. The van der Waals surface area contributed by atoms with Crippen LogP contribution in [0.4, 0.5) is 15.0 Å². The van der Waals surface area contributed by atoms with E-state index in [1.54, 1.807) is 40.8 Å². The molecule has 0 spiro atoms. The molecule has 1 amide bonds. The van der Waals surface area contributed by atoms with E-state index in [0.29, 0.717) is 29.5 Å². The van der Waals surface area contributed by atoms with Crippen LogP contribution in [0.15, 0.2) is 30.7 Å². The lowest BCUT2D eigenvalue weighted by atomic mass is 10.0. The average molecular weight is 541 g/mol. The lowest BCUT2D eigenvalue weighted by Crippen LogP contribution is -2.40. The summed E-state index contributed by atoms with van der Waals surface area (Å²) in [6.45, 7) is 9.96. The highest BCUT2D eigenvalue weighted by atomic mass is 19.1. The van der Waals surface area contributed by atoms with Gasteiger partial charge in [0.1, 0.15) is 29.4 Å². The molecule has 1 aliphatic carbocycles. The Morgan fingerprint density at radius 2 is 2.10 bits per heavy atom. The summed E-state index contributed by atoms with van der Waals surface area (Å²) in [6, 6.07) is 2.92. The Hall–Kier alpha value is -3.96. The van der Waals surface area contributed by atoms with Crippen molar-refractivity contribution in [2.75, 3.05) is 24.7 Å². The molecule has 3 aromatic rings. The fourth-order valence-electron chi connectivity index (χ4n) is 5.24. The van der Waals surface area contributed by atoms with Crippen molar-refractivity contribution in [3.05, 3.63) is 47.7 Å². The number of carbonyl (C=O) groups is 2. The molecule has 208 valence electrons. The van der Waals surface area contributed by atoms with Gasteiger partial charge in [0, 0.05) is 18.3 Å². The molecule has 2 fully saturated rings. The number of fused-ring (bicyclic) bond motifs is 2. The van der Waals surface area contributed by atoms with Crippen LogP contribution in [0, 0.1) is 11.7 Å². The third-order valence-corrected chi connectivity index (χ3v) is 6.90. The van der Waals surface area contributed by atoms with Crippen molar-refractivity contribution in [1.82, 2.24) is 24.9 Å². The molecule has 1 aliphatic heterocycles. The minimum Gasteiger partial charge on any atom is -0.475 e. The number of piperidine rings is 1. The van der Waals surface area contributed by atoms with Gasteiger partial charge in [-0.2, -0.15) is 5.10 Å². The van der Waals surface area contributed by atoms with E-state index in [2.05, 4.69) is 20.3 Å². The van der Waals surface area contributed by atoms with E-state index in [0.717, 1.165) is 19.0 Å². The van der Waals surface area contributed by atoms with Gasteiger partial charge in [0.2, 0.25) is 5.88 Å². The van der Waals surface area contributed by atoms with Gasteiger partial charge in [0.05, 0.1) is 30.6 Å². The number of ether oxygens (including phenoxy) is 3. The number of pyridine rings is 1. The first-order chi connectivity index (χ1) is 18.5. The summed E-state index contributed by atoms with van der Waals surface area (Å²) in [5.41, 5.74) is 0.147. The Kier molecular flexibility index (Phi) is 6.81. The number of rotatable bonds is 8. The second-order valence-electron chi connectivity index (χ2n) is 11.0. The molecule has 39 heavy (non-hydrogen) atoms. The second kappa shape index (κ2) is 9.97. The minimum absolute atomic E-state index is 0.120. The molecule has 0 bridgehead atoms. The van der Waals surface area contributed by atoms with Gasteiger partial charge in [-0.3, -0.25) is 0 Å². The van der Waals surface area contributed by atoms with Crippen LogP contribution in [-0.2, 0) is 15.0 Å². The first-order valence-electron chi connectivity index (χ1n) is 13.1. The normalized spacial score (nSPS) is 20.9. The molecule has 11 nitrogen and oxygen atoms in total. The highest BCUT2D eigenvalue weighted by Gasteiger charge is 2.65. The van der Waals surface area contributed by atoms with E-state index < -0.39 is 29.0 Å². The van der Waals surface area contributed by atoms with Crippen LogP contribution < -0.4 is 15.0 Å². The molecule has 2 unspecified atom stereocenters. The summed E-state index contributed by atoms with van der Waals surface area (Å²) in [5, 5.41) is 6.96. The fraction of sp³-hybridized carbons (Fsp3) is 0.519. The van der Waals surface area contributed by atoms with Gasteiger partial charge >= 0.3 is 12.1 Å². The minimum atomic E-state index is -0.618. The number of carbonyl (C=O) groups excluding carboxylic acids is 2. The maximum atomic E-state index is 14.5. The number of aromatic nitrogens is 4. The number of halogens is 1. The maximum absolute atomic E-state index is 14.5. The monoisotopic (exact) mass is 540 g/mol. The van der Waals surface area contributed by atoms with Crippen LogP contribution in [-0.4, -0.2) is 63.0 Å². The summed E-state index contributed by atoms with van der Waals surface area (Å²) < 4.78 is 32.6. The highest BCUT2D eigenvalue weighted by Crippen LogP contribution is 2.64. The van der Waals surface area contributed by atoms with Crippen LogP contribution >= 0.6 is 0 Å². The van der Waals surface area contributed by atoms with Gasteiger partial charge in [-0.25, -0.2) is 28.5 Å². The third-order valence-electron chi connectivity index (χ3n) is 6.90. The lowest BCUT2D eigenvalue weighted by Gasteiger charge is -2.31. The number of anilines is 1. The maximum Gasteiger partial charge on any atom is 0.407 e. The Morgan fingerprint density at radius 1 is 1.31 bits per heavy atom. The molecule has 12 heteroatoms. The van der Waals surface area contributed by atoms with Gasteiger partial charge in [0.15, 0.2) is 5.65 Å². The van der Waals surface area contributed by atoms with Crippen LogP contribution in [0.25, 0.3) is 5.65 Å². The van der Waals surface area contributed by atoms with Crippen molar-refractivity contribution < 1.29 is 28.2 Å². The average Bonchev–Trinajstić information content (AvgIpc) is 3.24. The highest BCUT2D eigenvalue weighted by molar-refractivity contribution is 5.95. The lowest BCUT2D eigenvalue weighted by molar-refractivity contribution is 0.0490. The third kappa shape index (κ3) is 5.19. The first kappa shape index (κ1) is 26.6. The van der Waals surface area contributed by atoms with Crippen molar-refractivity contribution in [3.63, 3.8) is 0 Å². The summed E-state index contributed by atoms with van der Waals surface area (Å²) in [6.07, 6.45) is 5.45. The molecule has 0 radical (unpaired) electrons. The number of alkyl carbamates (subject to hydrolysis) is 1. The summed E-state index contributed by atoms with van der Waals surface area (Å²) in [7, 11) is 0. The molecular weight excluding hydrogens is 507 g/mol. The van der Waals surface area contributed by atoms with E-state index in [1.807, 2.05) is 6.07 Å². The summed E-state index contributed by atoms with van der Waals surface area (Å²) in [4.78, 5) is 35.7. The van der Waals surface area contributed by atoms with Crippen molar-refractivity contribution in [3.8, 4) is 5.88 Å². The summed E-state index contributed by atoms with van der Waals surface area (Å²) in [5.74, 6) is 0.267. The van der Waals surface area contributed by atoms with Crippen LogP contribution in [0.5, 0.6) is 5.88 Å². The van der Waals surface area contributed by atoms with Crippen LogP contribution in [0.1, 0.15) is 63.4 Å². The quantitative estimate of drug-likeness (QED) is 0.425. The molecule has 3 atom stereocenters. The Labute approximate surface area is 225 Å². The van der Waals surface area contributed by atoms with Gasteiger partial charge in [-0.05, 0) is 65.5 Å². The van der Waals surface area contributed by atoms with Crippen molar-refractivity contribution in [2.24, 2.45) is 5.92 Å². The predicted octanol–water partition coefficient (Wildman–Crippen LogP) is 3.86. The van der Waals surface area contributed by atoms with E-state index in [9.17, 15) is 14.0 Å². The van der Waals surface area contributed by atoms with E-state index in [4.69, 9.17) is 19.2 Å². The van der Waals surface area contributed by atoms with E-state index >= 15 is 0 Å². The van der Waals surface area contributed by atoms with Crippen LogP contribution in [0.2, 0.25) is 0 Å². The zero-order chi connectivity index (χ0) is 27.9. The fourth-order valence-corrected chi connectivity index (χ4v) is 5.24. The smallest absolute Gasteiger partial charge is 0.407 e. The number of amides is 1. The number of hydrogen-bond acceptors (Lipinski definition) is 9. The molecule has 1 saturated carbocycles. The second-order valence-corrected chi connectivity index (χ2v) is 11.0. The van der Waals surface area contributed by atoms with Crippen molar-refractivity contribution >= 4 is 23.5 Å². The van der Waals surface area contributed by atoms with E-state index in [1.165, 1.54) is 16.8 Å². The molecule has 4 heterocycles. The molecular formula is C27H33FN6O5. The standard InChI is InChI=1S/C27H33FN6O5/c1-6-37-24(35)19-14-30-34-10-8-21(32-22(19)34)33-9-7-17-12-27(17,33)20-11-18(28)13-29-23(20)38-15-16(2)31-25(36)39-26(3,4)5/h8,10-11,13-14,16-17H,6-7,9,12,15H2,1-5H3,(H,31,36)/t16-,17?,27?/m1/s1. The molecule has 0 aromatic carbocycles.